The van der Waals surface area contributed by atoms with E-state index >= 15 is 0 Å². The van der Waals surface area contributed by atoms with Crippen LogP contribution in [-0.2, 0) is 6.42 Å². The summed E-state index contributed by atoms with van der Waals surface area (Å²) in [5.41, 5.74) is 3.55. The second kappa shape index (κ2) is 6.63. The molecule has 26 heavy (non-hydrogen) atoms. The van der Waals surface area contributed by atoms with Crippen LogP contribution in [0.1, 0.15) is 44.9 Å². The van der Waals surface area contributed by atoms with E-state index in [9.17, 15) is 9.59 Å². The molecule has 6 heteroatoms. The van der Waals surface area contributed by atoms with Crippen LogP contribution < -0.4 is 10.6 Å². The van der Waals surface area contributed by atoms with Crippen molar-refractivity contribution >= 4 is 22.7 Å². The van der Waals surface area contributed by atoms with Gasteiger partial charge in [0.1, 0.15) is 5.69 Å². The molecule has 0 saturated heterocycles. The molecule has 0 atom stereocenters. The van der Waals surface area contributed by atoms with E-state index in [0.717, 1.165) is 29.3 Å². The van der Waals surface area contributed by atoms with Gasteiger partial charge in [-0.05, 0) is 36.6 Å². The van der Waals surface area contributed by atoms with E-state index in [2.05, 4.69) is 20.6 Å². The van der Waals surface area contributed by atoms with Gasteiger partial charge >= 0.3 is 0 Å². The predicted molar refractivity (Wildman–Crippen MR) is 99.2 cm³/mol. The van der Waals surface area contributed by atoms with Gasteiger partial charge in [-0.15, -0.1) is 0 Å². The molecule has 1 fully saturated rings. The molecule has 4 rings (SSSR count). The number of hydrogen-bond acceptors (Lipinski definition) is 3. The Kier molecular flexibility index (Phi) is 4.16. The van der Waals surface area contributed by atoms with Gasteiger partial charge in [-0.2, -0.15) is 0 Å². The van der Waals surface area contributed by atoms with Crippen LogP contribution in [0.15, 0.2) is 42.6 Å². The standard InChI is InChI=1S/C20H20N4O2/c1-21-20(26)18-10-12(19(25)24-14-6-7-14)8-15(23-18)9-13-11-22-17-5-3-2-4-16(13)17/h2-5,8,10-11,14,22H,6-7,9H2,1H3,(H,21,26)(H,24,25). The van der Waals surface area contributed by atoms with E-state index in [1.807, 2.05) is 30.5 Å². The van der Waals surface area contributed by atoms with Crippen LogP contribution in [0.2, 0.25) is 0 Å². The Bertz CT molecular complexity index is 988. The molecule has 0 spiro atoms. The van der Waals surface area contributed by atoms with Gasteiger partial charge in [0.25, 0.3) is 11.8 Å². The van der Waals surface area contributed by atoms with Crippen LogP contribution in [0, 0.1) is 0 Å². The van der Waals surface area contributed by atoms with E-state index in [0.29, 0.717) is 17.7 Å². The molecular weight excluding hydrogens is 328 g/mol. The molecule has 1 aliphatic carbocycles. The summed E-state index contributed by atoms with van der Waals surface area (Å²) in [6.07, 6.45) is 4.52. The highest BCUT2D eigenvalue weighted by atomic mass is 16.2. The minimum Gasteiger partial charge on any atom is -0.361 e. The maximum atomic E-state index is 12.4. The number of pyridine rings is 1. The molecule has 132 valence electrons. The van der Waals surface area contributed by atoms with Crippen molar-refractivity contribution in [3.8, 4) is 0 Å². The molecule has 0 radical (unpaired) electrons. The lowest BCUT2D eigenvalue weighted by molar-refractivity contribution is 0.0951. The number of aromatic amines is 1. The summed E-state index contributed by atoms with van der Waals surface area (Å²) in [6, 6.07) is 11.6. The Labute approximate surface area is 151 Å². The molecule has 2 amide bonds. The summed E-state index contributed by atoms with van der Waals surface area (Å²) in [6.45, 7) is 0. The topological polar surface area (TPSA) is 86.9 Å². The minimum absolute atomic E-state index is 0.153. The average Bonchev–Trinajstić information content (AvgIpc) is 3.39. The van der Waals surface area contributed by atoms with Crippen molar-refractivity contribution in [1.29, 1.82) is 0 Å². The fourth-order valence-electron chi connectivity index (χ4n) is 3.02. The van der Waals surface area contributed by atoms with Gasteiger partial charge in [-0.25, -0.2) is 4.98 Å². The van der Waals surface area contributed by atoms with Gasteiger partial charge in [0.2, 0.25) is 0 Å². The SMILES string of the molecule is CNC(=O)c1cc(C(=O)NC2CC2)cc(Cc2c[nH]c3ccccc23)n1. The summed E-state index contributed by atoms with van der Waals surface area (Å²) < 4.78 is 0. The number of fused-ring (bicyclic) bond motifs is 1. The zero-order chi connectivity index (χ0) is 18.1. The van der Waals surface area contributed by atoms with Gasteiger partial charge in [-0.3, -0.25) is 9.59 Å². The van der Waals surface area contributed by atoms with Crippen molar-refractivity contribution in [3.05, 3.63) is 65.1 Å². The first-order chi connectivity index (χ1) is 12.6. The number of aromatic nitrogens is 2. The zero-order valence-electron chi connectivity index (χ0n) is 14.5. The van der Waals surface area contributed by atoms with Crippen LogP contribution in [0.4, 0.5) is 0 Å². The number of carbonyl (C=O) groups is 2. The van der Waals surface area contributed by atoms with Crippen LogP contribution in [0.25, 0.3) is 10.9 Å². The quantitative estimate of drug-likeness (QED) is 0.662. The highest BCUT2D eigenvalue weighted by Gasteiger charge is 2.24. The monoisotopic (exact) mass is 348 g/mol. The van der Waals surface area contributed by atoms with Crippen molar-refractivity contribution in [2.45, 2.75) is 25.3 Å². The second-order valence-corrected chi connectivity index (χ2v) is 6.60. The van der Waals surface area contributed by atoms with Crippen LogP contribution >= 0.6 is 0 Å². The number of benzene rings is 1. The lowest BCUT2D eigenvalue weighted by atomic mass is 10.1. The number of amides is 2. The normalized spacial score (nSPS) is 13.6. The van der Waals surface area contributed by atoms with E-state index in [1.54, 1.807) is 19.2 Å². The summed E-state index contributed by atoms with van der Waals surface area (Å²) in [5, 5.41) is 6.66. The largest absolute Gasteiger partial charge is 0.361 e. The third kappa shape index (κ3) is 3.31. The summed E-state index contributed by atoms with van der Waals surface area (Å²) in [7, 11) is 1.56. The number of nitrogens with one attached hydrogen (secondary N) is 3. The molecule has 2 aromatic heterocycles. The second-order valence-electron chi connectivity index (χ2n) is 6.60. The Balaban J connectivity index is 1.69. The van der Waals surface area contributed by atoms with E-state index in [4.69, 9.17) is 0 Å². The third-order valence-corrected chi connectivity index (χ3v) is 4.56. The lowest BCUT2D eigenvalue weighted by Gasteiger charge is -2.09. The van der Waals surface area contributed by atoms with Gasteiger partial charge in [0, 0.05) is 47.9 Å². The Hall–Kier alpha value is -3.15. The predicted octanol–water partition coefficient (Wildman–Crippen LogP) is 2.41. The molecule has 1 saturated carbocycles. The first kappa shape index (κ1) is 16.3. The molecule has 1 aromatic carbocycles. The van der Waals surface area contributed by atoms with Gasteiger partial charge in [-0.1, -0.05) is 18.2 Å². The number of rotatable bonds is 5. The first-order valence-electron chi connectivity index (χ1n) is 8.73. The number of carbonyl (C=O) groups excluding carboxylic acids is 2. The molecule has 2 heterocycles. The summed E-state index contributed by atoms with van der Waals surface area (Å²) in [5.74, 6) is -0.452. The first-order valence-corrected chi connectivity index (χ1v) is 8.73. The molecule has 3 aromatic rings. The number of H-pyrrole nitrogens is 1. The Morgan fingerprint density at radius 3 is 2.77 bits per heavy atom. The Morgan fingerprint density at radius 1 is 1.19 bits per heavy atom. The molecule has 3 N–H and O–H groups in total. The van der Waals surface area contributed by atoms with Crippen LogP contribution in [0.5, 0.6) is 0 Å². The summed E-state index contributed by atoms with van der Waals surface area (Å²) in [4.78, 5) is 32.2. The van der Waals surface area contributed by atoms with Gasteiger partial charge < -0.3 is 15.6 Å². The fourth-order valence-corrected chi connectivity index (χ4v) is 3.02. The van der Waals surface area contributed by atoms with E-state index in [1.165, 1.54) is 0 Å². The molecule has 0 unspecified atom stereocenters. The van der Waals surface area contributed by atoms with Crippen molar-refractivity contribution in [3.63, 3.8) is 0 Å². The number of para-hydroxylation sites is 1. The van der Waals surface area contributed by atoms with Crippen molar-refractivity contribution < 1.29 is 9.59 Å². The summed E-state index contributed by atoms with van der Waals surface area (Å²) >= 11 is 0. The molecule has 0 bridgehead atoms. The smallest absolute Gasteiger partial charge is 0.269 e. The van der Waals surface area contributed by atoms with E-state index in [-0.39, 0.29) is 23.6 Å². The van der Waals surface area contributed by atoms with Gasteiger partial charge in [0.15, 0.2) is 0 Å². The van der Waals surface area contributed by atoms with Gasteiger partial charge in [0.05, 0.1) is 0 Å². The Morgan fingerprint density at radius 2 is 2.00 bits per heavy atom. The highest BCUT2D eigenvalue weighted by Crippen LogP contribution is 2.22. The number of hydrogen-bond donors (Lipinski definition) is 3. The maximum Gasteiger partial charge on any atom is 0.269 e. The van der Waals surface area contributed by atoms with E-state index < -0.39 is 0 Å². The zero-order valence-corrected chi connectivity index (χ0v) is 14.5. The molecule has 0 aliphatic heterocycles. The highest BCUT2D eigenvalue weighted by molar-refractivity contribution is 5.99. The molecule has 6 nitrogen and oxygen atoms in total. The van der Waals surface area contributed by atoms with Crippen molar-refractivity contribution in [2.24, 2.45) is 0 Å². The number of nitrogens with zero attached hydrogens (tertiary/aromatic N) is 1. The van der Waals surface area contributed by atoms with Crippen molar-refractivity contribution in [1.82, 2.24) is 20.6 Å². The molecular formula is C20H20N4O2. The third-order valence-electron chi connectivity index (χ3n) is 4.56. The average molecular weight is 348 g/mol. The van der Waals surface area contributed by atoms with Crippen LogP contribution in [-0.4, -0.2) is 34.9 Å². The van der Waals surface area contributed by atoms with Crippen molar-refractivity contribution in [2.75, 3.05) is 7.05 Å². The minimum atomic E-state index is -0.300. The fraction of sp³-hybridized carbons (Fsp3) is 0.250. The lowest BCUT2D eigenvalue weighted by Crippen LogP contribution is -2.27. The van der Waals surface area contributed by atoms with Crippen LogP contribution in [0.3, 0.4) is 0 Å². The maximum absolute atomic E-state index is 12.4. The molecule has 1 aliphatic rings.